The quantitative estimate of drug-likeness (QED) is 0.498. The van der Waals surface area contributed by atoms with E-state index in [0.717, 1.165) is 31.1 Å². The highest BCUT2D eigenvalue weighted by Gasteiger charge is 2.22. The van der Waals surface area contributed by atoms with Crippen LogP contribution >= 0.6 is 0 Å². The van der Waals surface area contributed by atoms with Gasteiger partial charge in [-0.3, -0.25) is 4.79 Å². The van der Waals surface area contributed by atoms with Crippen LogP contribution in [0.25, 0.3) is 0 Å². The van der Waals surface area contributed by atoms with Crippen LogP contribution in [0.4, 0.5) is 0 Å². The van der Waals surface area contributed by atoms with Gasteiger partial charge in [0, 0.05) is 12.8 Å². The minimum atomic E-state index is 0.550. The Bertz CT molecular complexity index is 297. The van der Waals surface area contributed by atoms with Gasteiger partial charge >= 0.3 is 0 Å². The topological polar surface area (TPSA) is 17.1 Å². The summed E-state index contributed by atoms with van der Waals surface area (Å²) in [7, 11) is 0. The summed E-state index contributed by atoms with van der Waals surface area (Å²) in [5.74, 6) is 2.31. The van der Waals surface area contributed by atoms with Crippen molar-refractivity contribution in [3.8, 4) is 0 Å². The number of ketones is 1. The zero-order valence-electron chi connectivity index (χ0n) is 15.5. The molecule has 0 radical (unpaired) electrons. The Hall–Kier alpha value is -0.330. The van der Waals surface area contributed by atoms with Crippen LogP contribution < -0.4 is 0 Å². The maximum Gasteiger partial charge on any atom is 0.132 e. The average Bonchev–Trinajstić information content (AvgIpc) is 2.64. The van der Waals surface area contributed by atoms with E-state index in [0.29, 0.717) is 5.78 Å². The predicted molar refractivity (Wildman–Crippen MR) is 99.7 cm³/mol. The summed E-state index contributed by atoms with van der Waals surface area (Å²) in [5.41, 5.74) is 0. The molecule has 134 valence electrons. The molecule has 2 fully saturated rings. The van der Waals surface area contributed by atoms with E-state index < -0.39 is 0 Å². The summed E-state index contributed by atoms with van der Waals surface area (Å²) in [6.07, 6.45) is 25.4. The van der Waals surface area contributed by atoms with Gasteiger partial charge in [0.25, 0.3) is 0 Å². The van der Waals surface area contributed by atoms with Crippen molar-refractivity contribution in [2.75, 3.05) is 0 Å². The Balaban J connectivity index is 1.89. The molecular weight excluding hydrogens is 280 g/mol. The van der Waals surface area contributed by atoms with Crippen molar-refractivity contribution in [2.24, 2.45) is 11.8 Å². The van der Waals surface area contributed by atoms with Crippen molar-refractivity contribution in [3.63, 3.8) is 0 Å². The molecule has 0 aromatic heterocycles. The lowest BCUT2D eigenvalue weighted by molar-refractivity contribution is -0.119. The van der Waals surface area contributed by atoms with Gasteiger partial charge in [0.15, 0.2) is 0 Å². The Labute approximate surface area is 145 Å². The van der Waals surface area contributed by atoms with Crippen LogP contribution in [0.15, 0.2) is 0 Å². The van der Waals surface area contributed by atoms with Crippen molar-refractivity contribution in [1.82, 2.24) is 0 Å². The standard InChI is InChI=1S/C22H40O/c23-22-17-13-9-5-8-12-16-21(18-19-22)20-14-10-6-3-1-2-4-7-11-15-20/h20-21H,1-19H2. The van der Waals surface area contributed by atoms with E-state index in [2.05, 4.69) is 0 Å². The molecule has 2 rings (SSSR count). The van der Waals surface area contributed by atoms with Gasteiger partial charge < -0.3 is 0 Å². The lowest BCUT2D eigenvalue weighted by atomic mass is 9.78. The summed E-state index contributed by atoms with van der Waals surface area (Å²) in [5, 5.41) is 0. The third-order valence-electron chi connectivity index (χ3n) is 6.39. The van der Waals surface area contributed by atoms with Crippen molar-refractivity contribution in [3.05, 3.63) is 0 Å². The second-order valence-electron chi connectivity index (χ2n) is 8.31. The van der Waals surface area contributed by atoms with Gasteiger partial charge in [-0.25, -0.2) is 0 Å². The molecule has 2 aliphatic carbocycles. The SMILES string of the molecule is O=C1CCCCCCCC(C2CCCCCCCCCC2)CC1. The van der Waals surface area contributed by atoms with Crippen molar-refractivity contribution >= 4 is 5.78 Å². The van der Waals surface area contributed by atoms with Crippen LogP contribution in [0.2, 0.25) is 0 Å². The normalized spacial score (nSPS) is 28.5. The molecular formula is C22H40O. The molecule has 0 N–H and O–H groups in total. The Morgan fingerprint density at radius 3 is 1.35 bits per heavy atom. The fourth-order valence-electron chi connectivity index (χ4n) is 4.84. The summed E-state index contributed by atoms with van der Waals surface area (Å²) in [6.45, 7) is 0. The van der Waals surface area contributed by atoms with E-state index in [-0.39, 0.29) is 0 Å². The highest BCUT2D eigenvalue weighted by atomic mass is 16.1. The second-order valence-corrected chi connectivity index (χ2v) is 8.31. The van der Waals surface area contributed by atoms with Crippen molar-refractivity contribution in [1.29, 1.82) is 0 Å². The predicted octanol–water partition coefficient (Wildman–Crippen LogP) is 7.23. The summed E-state index contributed by atoms with van der Waals surface area (Å²) in [6, 6.07) is 0. The summed E-state index contributed by atoms with van der Waals surface area (Å²) >= 11 is 0. The van der Waals surface area contributed by atoms with E-state index in [9.17, 15) is 4.79 Å². The molecule has 2 saturated carbocycles. The van der Waals surface area contributed by atoms with E-state index in [1.807, 2.05) is 0 Å². The molecule has 1 heteroatoms. The van der Waals surface area contributed by atoms with Gasteiger partial charge in [-0.1, -0.05) is 96.3 Å². The van der Waals surface area contributed by atoms with Gasteiger partial charge in [0.05, 0.1) is 0 Å². The van der Waals surface area contributed by atoms with Gasteiger partial charge in [0.1, 0.15) is 5.78 Å². The Morgan fingerprint density at radius 1 is 0.435 bits per heavy atom. The van der Waals surface area contributed by atoms with Crippen LogP contribution in [0.1, 0.15) is 122 Å². The molecule has 0 aliphatic heterocycles. The van der Waals surface area contributed by atoms with Crippen molar-refractivity contribution in [2.45, 2.75) is 122 Å². The highest BCUT2D eigenvalue weighted by Crippen LogP contribution is 2.34. The minimum Gasteiger partial charge on any atom is -0.300 e. The average molecular weight is 321 g/mol. The first-order chi connectivity index (χ1) is 11.4. The molecule has 1 atom stereocenters. The summed E-state index contributed by atoms with van der Waals surface area (Å²) in [4.78, 5) is 12.1. The fourth-order valence-corrected chi connectivity index (χ4v) is 4.84. The fraction of sp³-hybridized carbons (Fsp3) is 0.955. The maximum atomic E-state index is 12.1. The van der Waals surface area contributed by atoms with Crippen LogP contribution in [-0.4, -0.2) is 5.78 Å². The highest BCUT2D eigenvalue weighted by molar-refractivity contribution is 5.78. The molecule has 0 bridgehead atoms. The minimum absolute atomic E-state index is 0.550. The second kappa shape index (κ2) is 12.1. The number of carbonyl (C=O) groups is 1. The van der Waals surface area contributed by atoms with E-state index in [4.69, 9.17) is 0 Å². The lowest BCUT2D eigenvalue weighted by Gasteiger charge is -2.27. The van der Waals surface area contributed by atoms with Gasteiger partial charge in [0.2, 0.25) is 0 Å². The molecule has 1 nitrogen and oxygen atoms in total. The third-order valence-corrected chi connectivity index (χ3v) is 6.39. The maximum absolute atomic E-state index is 12.1. The van der Waals surface area contributed by atoms with Crippen molar-refractivity contribution < 1.29 is 4.79 Å². The molecule has 0 amide bonds. The van der Waals surface area contributed by atoms with E-state index in [1.54, 1.807) is 0 Å². The van der Waals surface area contributed by atoms with Gasteiger partial charge in [-0.05, 0) is 24.7 Å². The van der Waals surface area contributed by atoms with Gasteiger partial charge in [-0.2, -0.15) is 0 Å². The molecule has 0 spiro atoms. The van der Waals surface area contributed by atoms with Gasteiger partial charge in [-0.15, -0.1) is 0 Å². The van der Waals surface area contributed by atoms with E-state index in [1.165, 1.54) is 103 Å². The molecule has 0 saturated heterocycles. The first kappa shape index (κ1) is 19.0. The zero-order chi connectivity index (χ0) is 16.2. The number of hydrogen-bond donors (Lipinski definition) is 0. The number of carbonyl (C=O) groups excluding carboxylic acids is 1. The molecule has 23 heavy (non-hydrogen) atoms. The molecule has 1 unspecified atom stereocenters. The number of hydrogen-bond acceptors (Lipinski definition) is 1. The first-order valence-corrected chi connectivity index (χ1v) is 10.9. The lowest BCUT2D eigenvalue weighted by Crippen LogP contribution is -2.17. The Morgan fingerprint density at radius 2 is 0.826 bits per heavy atom. The molecule has 0 aromatic carbocycles. The van der Waals surface area contributed by atoms with Crippen LogP contribution in [0.5, 0.6) is 0 Å². The van der Waals surface area contributed by atoms with Crippen LogP contribution in [0.3, 0.4) is 0 Å². The first-order valence-electron chi connectivity index (χ1n) is 10.9. The molecule has 2 aliphatic rings. The largest absolute Gasteiger partial charge is 0.300 e. The summed E-state index contributed by atoms with van der Waals surface area (Å²) < 4.78 is 0. The monoisotopic (exact) mass is 320 g/mol. The van der Waals surface area contributed by atoms with Crippen LogP contribution in [-0.2, 0) is 4.79 Å². The van der Waals surface area contributed by atoms with Crippen LogP contribution in [0, 0.1) is 11.8 Å². The Kier molecular flexibility index (Phi) is 9.99. The number of rotatable bonds is 1. The van der Waals surface area contributed by atoms with E-state index >= 15 is 0 Å². The third kappa shape index (κ3) is 8.36. The zero-order valence-corrected chi connectivity index (χ0v) is 15.5. The number of Topliss-reactive ketones (excluding diaryl/α,β-unsaturated/α-hetero) is 1. The molecule has 0 heterocycles. The molecule has 0 aromatic rings. The smallest absolute Gasteiger partial charge is 0.132 e.